The molecule has 25 aromatic rings. The van der Waals surface area contributed by atoms with Gasteiger partial charge in [-0.05, 0) is 252 Å². The molecule has 0 saturated heterocycles. The Morgan fingerprint density at radius 2 is 0.437 bits per heavy atom. The summed E-state index contributed by atoms with van der Waals surface area (Å²) in [6.07, 6.45) is 0. The van der Waals surface area contributed by atoms with Crippen molar-refractivity contribution in [3.05, 3.63) is 603 Å². The first-order valence-corrected chi connectivity index (χ1v) is 48.9. The Balaban J connectivity index is 0.000000146. The summed E-state index contributed by atoms with van der Waals surface area (Å²) in [5.74, 6) is 0. The third-order valence-corrected chi connectivity index (χ3v) is 29.4. The highest BCUT2D eigenvalue weighted by Gasteiger charge is 2.49. The van der Waals surface area contributed by atoms with Crippen LogP contribution in [0, 0.1) is 0 Å². The minimum atomic E-state index is -0.470. The lowest BCUT2D eigenvalue weighted by atomic mass is 9.67. The maximum atomic E-state index is 6.37. The molecular weight excluding hydrogens is 1720 g/mol. The quantitative estimate of drug-likeness (QED) is 0.0857. The average molecular weight is 1810 g/mol. The SMILES string of the molecule is c1ccc(-c2ccc(-c3ccccc3N(c3ccc(-c4cccc5c4-c4ccccc4C5(c4ccccc4)c4ccccc4)cc3)c3cccc(-c4cccc5oc6ccccc6c45)c3)cc2)cc1.c1ccc(C2(c3ccccc3)c3ccccc3-c3c(-c4ccc(N(c5ccc(-c6ccc(-c7cccc8ccccc78)cc6)cc5)c5cccc(-c6cccc7oc8ccccc8c67)c5)cc4)cccc32)cc1. The van der Waals surface area contributed by atoms with E-state index in [1.165, 1.54) is 128 Å². The van der Waals surface area contributed by atoms with Crippen molar-refractivity contribution in [3.63, 3.8) is 0 Å². The summed E-state index contributed by atoms with van der Waals surface area (Å²) in [6.45, 7) is 0. The maximum Gasteiger partial charge on any atom is 0.136 e. The van der Waals surface area contributed by atoms with Crippen LogP contribution in [0.2, 0.25) is 0 Å². The Morgan fingerprint density at radius 3 is 0.908 bits per heavy atom. The molecule has 2 aliphatic carbocycles. The second-order valence-corrected chi connectivity index (χ2v) is 37.0. The van der Waals surface area contributed by atoms with Gasteiger partial charge in [0.05, 0.1) is 16.5 Å². The van der Waals surface area contributed by atoms with Crippen LogP contribution in [0.5, 0.6) is 0 Å². The van der Waals surface area contributed by atoms with E-state index in [-0.39, 0.29) is 0 Å². The highest BCUT2D eigenvalue weighted by molar-refractivity contribution is 6.14. The molecule has 0 unspecified atom stereocenters. The van der Waals surface area contributed by atoms with Crippen molar-refractivity contribution in [2.24, 2.45) is 0 Å². The fraction of sp³-hybridized carbons (Fsp3) is 0.0145. The number of benzene rings is 23. The van der Waals surface area contributed by atoms with Crippen LogP contribution in [0.15, 0.2) is 567 Å². The predicted octanol–water partition coefficient (Wildman–Crippen LogP) is 37.3. The van der Waals surface area contributed by atoms with Gasteiger partial charge in [0, 0.05) is 55.5 Å². The number of fused-ring (bicyclic) bond motifs is 13. The number of rotatable bonds is 18. The van der Waals surface area contributed by atoms with Crippen molar-refractivity contribution in [2.45, 2.75) is 10.8 Å². The second-order valence-electron chi connectivity index (χ2n) is 37.0. The first-order chi connectivity index (χ1) is 70.4. The molecular formula is C138H92N2O2. The Morgan fingerprint density at radius 1 is 0.155 bits per heavy atom. The van der Waals surface area contributed by atoms with Crippen molar-refractivity contribution in [1.29, 1.82) is 0 Å². The van der Waals surface area contributed by atoms with Crippen LogP contribution in [0.1, 0.15) is 44.5 Å². The lowest BCUT2D eigenvalue weighted by Gasteiger charge is -2.34. The predicted molar refractivity (Wildman–Crippen MR) is 592 cm³/mol. The fourth-order valence-corrected chi connectivity index (χ4v) is 23.1. The molecule has 0 amide bonds. The molecule has 0 bridgehead atoms. The molecule has 23 aromatic carbocycles. The number of hydrogen-bond donors (Lipinski definition) is 0. The summed E-state index contributed by atoms with van der Waals surface area (Å²) in [5.41, 5.74) is 43.2. The van der Waals surface area contributed by atoms with Gasteiger partial charge in [-0.3, -0.25) is 0 Å². The van der Waals surface area contributed by atoms with Gasteiger partial charge < -0.3 is 18.6 Å². The van der Waals surface area contributed by atoms with Crippen LogP contribution >= 0.6 is 0 Å². The van der Waals surface area contributed by atoms with E-state index >= 15 is 0 Å². The van der Waals surface area contributed by atoms with Gasteiger partial charge in [0.1, 0.15) is 22.3 Å². The van der Waals surface area contributed by atoms with Gasteiger partial charge in [-0.1, -0.05) is 467 Å². The van der Waals surface area contributed by atoms with Crippen LogP contribution in [0.25, 0.3) is 166 Å². The Bertz CT molecular complexity index is 8960. The molecule has 0 aliphatic heterocycles. The number of para-hydroxylation sites is 3. The molecule has 2 aliphatic rings. The summed E-state index contributed by atoms with van der Waals surface area (Å²) in [6, 6.07) is 203. The van der Waals surface area contributed by atoms with E-state index in [0.717, 1.165) is 117 Å². The van der Waals surface area contributed by atoms with Crippen LogP contribution in [-0.4, -0.2) is 0 Å². The third-order valence-electron chi connectivity index (χ3n) is 29.4. The van der Waals surface area contributed by atoms with Crippen LogP contribution in [-0.2, 0) is 10.8 Å². The van der Waals surface area contributed by atoms with Crippen molar-refractivity contribution < 1.29 is 8.83 Å². The van der Waals surface area contributed by atoms with Crippen LogP contribution < -0.4 is 9.80 Å². The topological polar surface area (TPSA) is 32.8 Å². The monoisotopic (exact) mass is 1810 g/mol. The molecule has 2 aromatic heterocycles. The normalized spacial score (nSPS) is 12.5. The van der Waals surface area contributed by atoms with Crippen LogP contribution in [0.4, 0.5) is 34.1 Å². The minimum absolute atomic E-state index is 0.468. The molecule has 0 saturated carbocycles. The molecule has 0 spiro atoms. The minimum Gasteiger partial charge on any atom is -0.456 e. The second kappa shape index (κ2) is 35.6. The van der Waals surface area contributed by atoms with Gasteiger partial charge in [-0.25, -0.2) is 0 Å². The van der Waals surface area contributed by atoms with Crippen molar-refractivity contribution in [3.8, 4) is 111 Å². The summed E-state index contributed by atoms with van der Waals surface area (Å²) in [7, 11) is 0. The molecule has 666 valence electrons. The average Bonchev–Trinajstić information content (AvgIpc) is 1.53. The lowest BCUT2D eigenvalue weighted by molar-refractivity contribution is 0.668. The maximum absolute atomic E-state index is 6.37. The van der Waals surface area contributed by atoms with Gasteiger partial charge in [-0.2, -0.15) is 0 Å². The van der Waals surface area contributed by atoms with E-state index in [4.69, 9.17) is 8.83 Å². The van der Waals surface area contributed by atoms with Gasteiger partial charge in [0.15, 0.2) is 0 Å². The molecule has 0 radical (unpaired) electrons. The molecule has 0 atom stereocenters. The first kappa shape index (κ1) is 84.1. The zero-order valence-corrected chi connectivity index (χ0v) is 77.8. The van der Waals surface area contributed by atoms with E-state index in [1.54, 1.807) is 0 Å². The van der Waals surface area contributed by atoms with E-state index in [1.807, 2.05) is 12.1 Å². The summed E-state index contributed by atoms with van der Waals surface area (Å²) < 4.78 is 12.7. The molecule has 0 fully saturated rings. The number of nitrogens with zero attached hydrogens (tertiary/aromatic N) is 2. The number of furan rings is 2. The highest BCUT2D eigenvalue weighted by Crippen LogP contribution is 2.61. The summed E-state index contributed by atoms with van der Waals surface area (Å²) >= 11 is 0. The third kappa shape index (κ3) is 14.3. The van der Waals surface area contributed by atoms with E-state index < -0.39 is 10.8 Å². The standard InChI is InChI=1S/C71H47NO.C67H45NO/c1-3-20-54(21-4-1)71(55-22-5-2-6-23-55)65-31-11-9-26-63(65)69-61(29-15-32-66(69)71)52-41-45-57(46-42-52)72(58-24-13-19-53(47-58)62-30-16-34-68-70(62)64-27-10-12-33-67(64)73-68)56-43-39-49(40-44-56)48-35-37-51(38-36-48)60-28-14-18-50-17-7-8-25-59(50)60;1-4-19-46(20-5-1)47-37-39-48(40-38-47)55-27-11-14-34-62(55)68(54-26-16-21-50(45-54)57-31-18-36-64-66(57)59-29-12-15-35-63(59)69-64)53-43-41-49(42-44-53)56-30-17-33-61-65(56)58-28-10-13-32-60(58)67(61,51-22-6-2-7-23-51)52-24-8-3-9-25-52/h1-47H;1-45H. The molecule has 2 heterocycles. The van der Waals surface area contributed by atoms with Crippen molar-refractivity contribution >= 4 is 88.8 Å². The van der Waals surface area contributed by atoms with E-state index in [0.29, 0.717) is 0 Å². The molecule has 142 heavy (non-hydrogen) atoms. The first-order valence-electron chi connectivity index (χ1n) is 48.9. The summed E-state index contributed by atoms with van der Waals surface area (Å²) in [4.78, 5) is 4.80. The lowest BCUT2D eigenvalue weighted by Crippen LogP contribution is -2.28. The number of anilines is 6. The van der Waals surface area contributed by atoms with Gasteiger partial charge >= 0.3 is 0 Å². The molecule has 27 rings (SSSR count). The van der Waals surface area contributed by atoms with E-state index in [9.17, 15) is 0 Å². The van der Waals surface area contributed by atoms with Crippen LogP contribution in [0.3, 0.4) is 0 Å². The fourth-order valence-electron chi connectivity index (χ4n) is 23.1. The molecule has 4 heteroatoms. The van der Waals surface area contributed by atoms with Gasteiger partial charge in [0.25, 0.3) is 0 Å². The van der Waals surface area contributed by atoms with Crippen molar-refractivity contribution in [1.82, 2.24) is 0 Å². The van der Waals surface area contributed by atoms with Gasteiger partial charge in [-0.15, -0.1) is 0 Å². The zero-order chi connectivity index (χ0) is 94.0. The van der Waals surface area contributed by atoms with E-state index in [2.05, 4.69) is 556 Å². The van der Waals surface area contributed by atoms with Gasteiger partial charge in [0.2, 0.25) is 0 Å². The molecule has 4 nitrogen and oxygen atoms in total. The van der Waals surface area contributed by atoms with Crippen molar-refractivity contribution in [2.75, 3.05) is 9.80 Å². The zero-order valence-electron chi connectivity index (χ0n) is 77.8. The largest absolute Gasteiger partial charge is 0.456 e. The Kier molecular flexibility index (Phi) is 21.1. The highest BCUT2D eigenvalue weighted by atomic mass is 16.3. The smallest absolute Gasteiger partial charge is 0.136 e. The summed E-state index contributed by atoms with van der Waals surface area (Å²) in [5, 5.41) is 7.00. The Hall–Kier alpha value is -18.5. The number of hydrogen-bond acceptors (Lipinski definition) is 4. The Labute approximate surface area is 826 Å². The molecule has 0 N–H and O–H groups in total.